The summed E-state index contributed by atoms with van der Waals surface area (Å²) in [6, 6.07) is 12.2. The van der Waals surface area contributed by atoms with Gasteiger partial charge in [0.2, 0.25) is 0 Å². The van der Waals surface area contributed by atoms with Crippen molar-refractivity contribution in [3.8, 4) is 11.3 Å². The Labute approximate surface area is 151 Å². The molecular weight excluding hydrogens is 330 g/mol. The number of aliphatic hydroxyl groups excluding tert-OH is 1. The van der Waals surface area contributed by atoms with E-state index in [4.69, 9.17) is 9.52 Å². The van der Waals surface area contributed by atoms with Gasteiger partial charge in [-0.2, -0.15) is 0 Å². The Bertz CT molecular complexity index is 1000. The molecule has 0 spiro atoms. The summed E-state index contributed by atoms with van der Waals surface area (Å²) in [7, 11) is 0. The molecule has 5 nitrogen and oxygen atoms in total. The Hall–Kier alpha value is -2.92. The van der Waals surface area contributed by atoms with Crippen LogP contribution < -0.4 is 10.7 Å². The van der Waals surface area contributed by atoms with Gasteiger partial charge >= 0.3 is 0 Å². The predicted molar refractivity (Wildman–Crippen MR) is 101 cm³/mol. The van der Waals surface area contributed by atoms with E-state index in [9.17, 15) is 9.59 Å². The number of carbonyl (C=O) groups is 1. The van der Waals surface area contributed by atoms with E-state index in [1.165, 1.54) is 6.07 Å². The second kappa shape index (κ2) is 7.54. The van der Waals surface area contributed by atoms with E-state index in [1.807, 2.05) is 26.0 Å². The van der Waals surface area contributed by atoms with Crippen LogP contribution >= 0.6 is 0 Å². The lowest BCUT2D eigenvalue weighted by atomic mass is 10.1. The molecule has 5 heteroatoms. The van der Waals surface area contributed by atoms with Gasteiger partial charge in [-0.15, -0.1) is 0 Å². The molecule has 1 aromatic heterocycles. The highest BCUT2D eigenvalue weighted by Crippen LogP contribution is 2.25. The van der Waals surface area contributed by atoms with Crippen LogP contribution in [0.25, 0.3) is 22.3 Å². The van der Waals surface area contributed by atoms with Gasteiger partial charge in [-0.05, 0) is 49.6 Å². The quantitative estimate of drug-likeness (QED) is 0.692. The minimum Gasteiger partial charge on any atom is -0.456 e. The standard InChI is InChI=1S/C21H21NO4/c1-13-10-14(2)20-17(11-13)18(24)12-19(26-20)15-4-6-16(7-5-15)21(25)22-8-3-9-23/h4-7,10-12,23H,3,8-9H2,1-2H3,(H,22,25). The van der Waals surface area contributed by atoms with Gasteiger partial charge in [0.15, 0.2) is 5.43 Å². The van der Waals surface area contributed by atoms with Crippen LogP contribution in [0, 0.1) is 13.8 Å². The fourth-order valence-corrected chi connectivity index (χ4v) is 2.92. The zero-order valence-corrected chi connectivity index (χ0v) is 14.8. The molecule has 0 atom stereocenters. The molecule has 134 valence electrons. The first-order chi connectivity index (χ1) is 12.5. The van der Waals surface area contributed by atoms with Crippen LogP contribution in [0.4, 0.5) is 0 Å². The SMILES string of the molecule is Cc1cc(C)c2oc(-c3ccc(C(=O)NCCCO)cc3)cc(=O)c2c1. The minimum absolute atomic E-state index is 0.0408. The smallest absolute Gasteiger partial charge is 0.251 e. The van der Waals surface area contributed by atoms with Crippen LogP contribution in [-0.2, 0) is 0 Å². The average molecular weight is 351 g/mol. The normalized spacial score (nSPS) is 10.9. The lowest BCUT2D eigenvalue weighted by molar-refractivity contribution is 0.0951. The molecule has 0 radical (unpaired) electrons. The van der Waals surface area contributed by atoms with Crippen LogP contribution in [0.1, 0.15) is 27.9 Å². The molecule has 0 aliphatic rings. The third-order valence-corrected chi connectivity index (χ3v) is 4.21. The highest BCUT2D eigenvalue weighted by molar-refractivity contribution is 5.94. The molecule has 1 amide bonds. The lowest BCUT2D eigenvalue weighted by Gasteiger charge is -2.08. The highest BCUT2D eigenvalue weighted by Gasteiger charge is 2.11. The van der Waals surface area contributed by atoms with Gasteiger partial charge in [-0.25, -0.2) is 0 Å². The van der Waals surface area contributed by atoms with Crippen molar-refractivity contribution in [2.45, 2.75) is 20.3 Å². The van der Waals surface area contributed by atoms with E-state index in [-0.39, 0.29) is 17.9 Å². The molecule has 1 heterocycles. The number of hydrogen-bond donors (Lipinski definition) is 2. The maximum Gasteiger partial charge on any atom is 0.251 e. The number of aryl methyl sites for hydroxylation is 2. The molecule has 2 aromatic carbocycles. The lowest BCUT2D eigenvalue weighted by Crippen LogP contribution is -2.24. The van der Waals surface area contributed by atoms with Crippen molar-refractivity contribution >= 4 is 16.9 Å². The first-order valence-electron chi connectivity index (χ1n) is 8.54. The molecule has 0 bridgehead atoms. The first kappa shape index (κ1) is 17.9. The summed E-state index contributed by atoms with van der Waals surface area (Å²) >= 11 is 0. The summed E-state index contributed by atoms with van der Waals surface area (Å²) in [6.07, 6.45) is 0.519. The van der Waals surface area contributed by atoms with E-state index in [1.54, 1.807) is 24.3 Å². The largest absolute Gasteiger partial charge is 0.456 e. The number of hydrogen-bond acceptors (Lipinski definition) is 4. The molecule has 0 fully saturated rings. The van der Waals surface area contributed by atoms with Crippen molar-refractivity contribution in [1.29, 1.82) is 0 Å². The third kappa shape index (κ3) is 3.68. The van der Waals surface area contributed by atoms with Crippen molar-refractivity contribution in [1.82, 2.24) is 5.32 Å². The topological polar surface area (TPSA) is 79.5 Å². The van der Waals surface area contributed by atoms with Crippen molar-refractivity contribution in [2.75, 3.05) is 13.2 Å². The van der Waals surface area contributed by atoms with E-state index >= 15 is 0 Å². The molecular formula is C21H21NO4. The number of amides is 1. The minimum atomic E-state index is -0.198. The van der Waals surface area contributed by atoms with Gasteiger partial charge in [-0.1, -0.05) is 18.2 Å². The number of nitrogens with one attached hydrogen (secondary N) is 1. The van der Waals surface area contributed by atoms with E-state index in [2.05, 4.69) is 5.32 Å². The Balaban J connectivity index is 1.92. The molecule has 3 aromatic rings. The highest BCUT2D eigenvalue weighted by atomic mass is 16.3. The predicted octanol–water partition coefficient (Wildman–Crippen LogP) is 3.19. The Kier molecular flexibility index (Phi) is 5.19. The van der Waals surface area contributed by atoms with Gasteiger partial charge in [0, 0.05) is 30.3 Å². The maximum absolute atomic E-state index is 12.5. The number of carbonyl (C=O) groups excluding carboxylic acids is 1. The molecule has 0 unspecified atom stereocenters. The summed E-state index contributed by atoms with van der Waals surface area (Å²) < 4.78 is 5.97. The molecule has 3 rings (SSSR count). The number of rotatable bonds is 5. The first-order valence-corrected chi connectivity index (χ1v) is 8.54. The van der Waals surface area contributed by atoms with Gasteiger partial charge in [0.05, 0.1) is 5.39 Å². The average Bonchev–Trinajstić information content (AvgIpc) is 2.62. The van der Waals surface area contributed by atoms with Crippen molar-refractivity contribution < 1.29 is 14.3 Å². The Morgan fingerprint density at radius 1 is 1.12 bits per heavy atom. The van der Waals surface area contributed by atoms with Crippen LogP contribution in [0.3, 0.4) is 0 Å². The van der Waals surface area contributed by atoms with Crippen molar-refractivity contribution in [3.05, 3.63) is 69.4 Å². The van der Waals surface area contributed by atoms with Crippen LogP contribution in [0.5, 0.6) is 0 Å². The summed E-state index contributed by atoms with van der Waals surface area (Å²) in [5.41, 5.74) is 3.69. The van der Waals surface area contributed by atoms with Crippen molar-refractivity contribution in [2.24, 2.45) is 0 Å². The van der Waals surface area contributed by atoms with E-state index < -0.39 is 0 Å². The summed E-state index contributed by atoms with van der Waals surface area (Å²) in [6.45, 7) is 4.33. The number of benzene rings is 2. The van der Waals surface area contributed by atoms with Gasteiger partial charge in [-0.3, -0.25) is 9.59 Å². The zero-order chi connectivity index (χ0) is 18.7. The van der Waals surface area contributed by atoms with E-state index in [0.717, 1.165) is 16.7 Å². The van der Waals surface area contributed by atoms with Gasteiger partial charge in [0.1, 0.15) is 11.3 Å². The van der Waals surface area contributed by atoms with Gasteiger partial charge < -0.3 is 14.8 Å². The number of fused-ring (bicyclic) bond motifs is 1. The molecule has 0 saturated carbocycles. The van der Waals surface area contributed by atoms with Gasteiger partial charge in [0.25, 0.3) is 5.91 Å². The van der Waals surface area contributed by atoms with Crippen LogP contribution in [0.2, 0.25) is 0 Å². The summed E-state index contributed by atoms with van der Waals surface area (Å²) in [5, 5.41) is 12.1. The molecule has 2 N–H and O–H groups in total. The summed E-state index contributed by atoms with van der Waals surface area (Å²) in [5.74, 6) is 0.276. The van der Waals surface area contributed by atoms with Crippen LogP contribution in [-0.4, -0.2) is 24.2 Å². The second-order valence-electron chi connectivity index (χ2n) is 6.34. The Morgan fingerprint density at radius 3 is 2.54 bits per heavy atom. The third-order valence-electron chi connectivity index (χ3n) is 4.21. The van der Waals surface area contributed by atoms with Crippen LogP contribution in [0.15, 0.2) is 51.7 Å². The Morgan fingerprint density at radius 2 is 1.85 bits per heavy atom. The molecule has 0 aliphatic carbocycles. The van der Waals surface area contributed by atoms with Crippen molar-refractivity contribution in [3.63, 3.8) is 0 Å². The maximum atomic E-state index is 12.5. The second-order valence-corrected chi connectivity index (χ2v) is 6.34. The summed E-state index contributed by atoms with van der Waals surface area (Å²) in [4.78, 5) is 24.5. The van der Waals surface area contributed by atoms with E-state index in [0.29, 0.717) is 35.3 Å². The monoisotopic (exact) mass is 351 g/mol. The molecule has 0 aliphatic heterocycles. The fraction of sp³-hybridized carbons (Fsp3) is 0.238. The molecule has 26 heavy (non-hydrogen) atoms. The molecule has 0 saturated heterocycles. The number of aliphatic hydroxyl groups is 1. The fourth-order valence-electron chi connectivity index (χ4n) is 2.92. The zero-order valence-electron chi connectivity index (χ0n) is 14.8.